The van der Waals surface area contributed by atoms with Gasteiger partial charge in [-0.1, -0.05) is 6.07 Å². The van der Waals surface area contributed by atoms with Gasteiger partial charge in [0.1, 0.15) is 11.9 Å². The lowest BCUT2D eigenvalue weighted by Crippen LogP contribution is -2.20. The van der Waals surface area contributed by atoms with Gasteiger partial charge in [0.25, 0.3) is 0 Å². The average Bonchev–Trinajstić information content (AvgIpc) is 2.30. The number of alkyl carbamates (subject to hydrolysis) is 1. The van der Waals surface area contributed by atoms with Gasteiger partial charge in [-0.2, -0.15) is 0 Å². The van der Waals surface area contributed by atoms with Crippen molar-refractivity contribution in [2.45, 2.75) is 26.9 Å². The maximum absolute atomic E-state index is 11.1. The van der Waals surface area contributed by atoms with Crippen LogP contribution >= 0.6 is 0 Å². The van der Waals surface area contributed by atoms with Gasteiger partial charge in [0, 0.05) is 14.0 Å². The van der Waals surface area contributed by atoms with E-state index < -0.39 is 6.09 Å². The summed E-state index contributed by atoms with van der Waals surface area (Å²) in [4.78, 5) is 22.0. The van der Waals surface area contributed by atoms with Gasteiger partial charge in [-0.25, -0.2) is 4.79 Å². The van der Waals surface area contributed by atoms with E-state index in [2.05, 4.69) is 5.32 Å². The van der Waals surface area contributed by atoms with Crippen LogP contribution in [0.5, 0.6) is 5.75 Å². The first-order chi connectivity index (χ1) is 8.43. The van der Waals surface area contributed by atoms with E-state index in [4.69, 9.17) is 9.47 Å². The van der Waals surface area contributed by atoms with Crippen LogP contribution in [0.15, 0.2) is 18.2 Å². The number of esters is 1. The Morgan fingerprint density at radius 2 is 2.00 bits per heavy atom. The van der Waals surface area contributed by atoms with E-state index in [1.54, 1.807) is 19.1 Å². The van der Waals surface area contributed by atoms with Crippen molar-refractivity contribution in [1.29, 1.82) is 0 Å². The highest BCUT2D eigenvalue weighted by atomic mass is 16.6. The van der Waals surface area contributed by atoms with Crippen LogP contribution in [0, 0.1) is 6.92 Å². The topological polar surface area (TPSA) is 64.6 Å². The molecule has 98 valence electrons. The molecule has 1 rings (SSSR count). The summed E-state index contributed by atoms with van der Waals surface area (Å²) in [7, 11) is 1.50. The predicted molar refractivity (Wildman–Crippen MR) is 66.4 cm³/mol. The molecule has 1 amide bonds. The first kappa shape index (κ1) is 14.0. The molecule has 0 heterocycles. The second-order valence-corrected chi connectivity index (χ2v) is 3.92. The summed E-state index contributed by atoms with van der Waals surface area (Å²) >= 11 is 0. The van der Waals surface area contributed by atoms with Crippen LogP contribution < -0.4 is 10.1 Å². The minimum Gasteiger partial charge on any atom is -0.442 e. The zero-order valence-corrected chi connectivity index (χ0v) is 10.9. The van der Waals surface area contributed by atoms with Gasteiger partial charge in [0.05, 0.1) is 0 Å². The van der Waals surface area contributed by atoms with Crippen LogP contribution in [-0.2, 0) is 9.53 Å². The molecule has 0 saturated carbocycles. The molecular formula is C13H17NO4. The molecule has 1 N–H and O–H groups in total. The molecule has 1 atom stereocenters. The lowest BCUT2D eigenvalue weighted by Gasteiger charge is -2.15. The predicted octanol–water partition coefficient (Wildman–Crippen LogP) is 2.34. The van der Waals surface area contributed by atoms with Crippen LogP contribution in [0.25, 0.3) is 0 Å². The number of ether oxygens (including phenoxy) is 2. The van der Waals surface area contributed by atoms with Gasteiger partial charge in [-0.3, -0.25) is 4.79 Å². The summed E-state index contributed by atoms with van der Waals surface area (Å²) in [6.45, 7) is 4.95. The van der Waals surface area contributed by atoms with Crippen molar-refractivity contribution in [3.05, 3.63) is 29.3 Å². The van der Waals surface area contributed by atoms with Gasteiger partial charge in [0.2, 0.25) is 0 Å². The van der Waals surface area contributed by atoms with Crippen LogP contribution in [0.4, 0.5) is 4.79 Å². The number of hydrogen-bond donors (Lipinski definition) is 1. The molecule has 0 aliphatic heterocycles. The molecule has 5 nitrogen and oxygen atoms in total. The molecule has 5 heteroatoms. The highest BCUT2D eigenvalue weighted by molar-refractivity contribution is 5.70. The fourth-order valence-corrected chi connectivity index (χ4v) is 1.48. The van der Waals surface area contributed by atoms with Crippen molar-refractivity contribution in [2.24, 2.45) is 0 Å². The molecule has 0 fully saturated rings. The summed E-state index contributed by atoms with van der Waals surface area (Å²) in [6, 6.07) is 5.28. The van der Waals surface area contributed by atoms with Crippen molar-refractivity contribution in [3.63, 3.8) is 0 Å². The Kier molecular flexibility index (Phi) is 4.71. The number of nitrogens with one attached hydrogen (secondary N) is 1. The number of aryl methyl sites for hydroxylation is 1. The molecule has 0 bridgehead atoms. The summed E-state index contributed by atoms with van der Waals surface area (Å²) in [5.74, 6) is 0.152. The van der Waals surface area contributed by atoms with Crippen molar-refractivity contribution < 1.29 is 19.1 Å². The average molecular weight is 251 g/mol. The van der Waals surface area contributed by atoms with E-state index in [1.807, 2.05) is 13.0 Å². The fraction of sp³-hybridized carbons (Fsp3) is 0.385. The zero-order valence-electron chi connectivity index (χ0n) is 10.9. The smallest absolute Gasteiger partial charge is 0.407 e. The molecule has 0 radical (unpaired) electrons. The molecule has 1 aromatic carbocycles. The van der Waals surface area contributed by atoms with Crippen molar-refractivity contribution in [2.75, 3.05) is 7.05 Å². The standard InChI is InChI=1S/C13H17NO4/c1-8-7-11(9(2)17-13(16)14-4)5-6-12(8)18-10(3)15/h5-7,9H,1-4H3,(H,14,16). The molecule has 0 aliphatic rings. The lowest BCUT2D eigenvalue weighted by atomic mass is 10.1. The maximum Gasteiger partial charge on any atom is 0.407 e. The molecule has 0 saturated heterocycles. The summed E-state index contributed by atoms with van der Waals surface area (Å²) in [5.41, 5.74) is 1.65. The molecule has 0 aromatic heterocycles. The molecule has 0 spiro atoms. The van der Waals surface area contributed by atoms with Crippen LogP contribution in [-0.4, -0.2) is 19.1 Å². The summed E-state index contributed by atoms with van der Waals surface area (Å²) in [5, 5.41) is 2.39. The van der Waals surface area contributed by atoms with Crippen molar-refractivity contribution in [1.82, 2.24) is 5.32 Å². The quantitative estimate of drug-likeness (QED) is 0.661. The Morgan fingerprint density at radius 1 is 1.33 bits per heavy atom. The number of carbonyl (C=O) groups excluding carboxylic acids is 2. The number of benzene rings is 1. The highest BCUT2D eigenvalue weighted by Crippen LogP contribution is 2.24. The van der Waals surface area contributed by atoms with Gasteiger partial charge in [-0.15, -0.1) is 0 Å². The van der Waals surface area contributed by atoms with E-state index in [0.717, 1.165) is 11.1 Å². The molecular weight excluding hydrogens is 234 g/mol. The third-order valence-electron chi connectivity index (χ3n) is 2.41. The Hall–Kier alpha value is -2.04. The monoisotopic (exact) mass is 251 g/mol. The third kappa shape index (κ3) is 3.76. The van der Waals surface area contributed by atoms with E-state index in [-0.39, 0.29) is 12.1 Å². The Balaban J connectivity index is 2.83. The zero-order chi connectivity index (χ0) is 13.7. The van der Waals surface area contributed by atoms with Gasteiger partial charge < -0.3 is 14.8 Å². The largest absolute Gasteiger partial charge is 0.442 e. The minimum absolute atomic E-state index is 0.361. The summed E-state index contributed by atoms with van der Waals surface area (Å²) < 4.78 is 10.1. The Labute approximate surface area is 106 Å². The van der Waals surface area contributed by atoms with Gasteiger partial charge in [-0.05, 0) is 37.1 Å². The van der Waals surface area contributed by atoms with Crippen LogP contribution in [0.1, 0.15) is 31.1 Å². The Morgan fingerprint density at radius 3 is 2.50 bits per heavy atom. The summed E-state index contributed by atoms with van der Waals surface area (Å²) in [6.07, 6.45) is -0.848. The number of carbonyl (C=O) groups is 2. The normalized spacial score (nSPS) is 11.6. The first-order valence-electron chi connectivity index (χ1n) is 5.61. The molecule has 1 unspecified atom stereocenters. The Bertz CT molecular complexity index is 456. The van der Waals surface area contributed by atoms with E-state index in [9.17, 15) is 9.59 Å². The maximum atomic E-state index is 11.1. The van der Waals surface area contributed by atoms with Crippen LogP contribution in [0.3, 0.4) is 0 Å². The van der Waals surface area contributed by atoms with Gasteiger partial charge in [0.15, 0.2) is 0 Å². The van der Waals surface area contributed by atoms with Gasteiger partial charge >= 0.3 is 12.1 Å². The SMILES string of the molecule is CNC(=O)OC(C)c1ccc(OC(C)=O)c(C)c1. The highest BCUT2D eigenvalue weighted by Gasteiger charge is 2.12. The fourth-order valence-electron chi connectivity index (χ4n) is 1.48. The van der Waals surface area contributed by atoms with Crippen molar-refractivity contribution >= 4 is 12.1 Å². The van der Waals surface area contributed by atoms with Crippen molar-refractivity contribution in [3.8, 4) is 5.75 Å². The molecule has 18 heavy (non-hydrogen) atoms. The number of hydrogen-bond acceptors (Lipinski definition) is 4. The third-order valence-corrected chi connectivity index (χ3v) is 2.41. The minimum atomic E-state index is -0.482. The lowest BCUT2D eigenvalue weighted by molar-refractivity contribution is -0.131. The van der Waals surface area contributed by atoms with E-state index in [1.165, 1.54) is 14.0 Å². The molecule has 0 aliphatic carbocycles. The second-order valence-electron chi connectivity index (χ2n) is 3.92. The second kappa shape index (κ2) is 6.05. The number of rotatable bonds is 3. The van der Waals surface area contributed by atoms with Crippen LogP contribution in [0.2, 0.25) is 0 Å². The first-order valence-corrected chi connectivity index (χ1v) is 5.61. The number of amides is 1. The van der Waals surface area contributed by atoms with E-state index >= 15 is 0 Å². The van der Waals surface area contributed by atoms with E-state index in [0.29, 0.717) is 5.75 Å². The molecule has 1 aromatic rings.